The molecule has 0 unspecified atom stereocenters. The largest absolute Gasteiger partial charge is 0.394 e. The topological polar surface area (TPSA) is 606 Å². The van der Waals surface area contributed by atoms with Crippen molar-refractivity contribution in [3.05, 3.63) is 52.9 Å². The fraction of sp³-hybridized carbons (Fsp3) is 0.808. The van der Waals surface area contributed by atoms with Crippen LogP contribution < -0.4 is 0 Å². The molecule has 23 rings (SSSR count). The highest BCUT2D eigenvalue weighted by atomic mass is 32.2. The predicted molar refractivity (Wildman–Crippen MR) is 285 cm³/mol. The number of ether oxygens (including phenoxy) is 14. The van der Waals surface area contributed by atoms with Gasteiger partial charge in [0.05, 0.1) is 57.2 Å². The number of benzene rings is 2. The van der Waals surface area contributed by atoms with Crippen LogP contribution in [0.2, 0.25) is 0 Å². The number of fused-ring (bicyclic) bond motifs is 1. The standard InChI is InChI=1S/C52H75N3O36S/c53-55-54-25-38-18(8-56)83-52(45(25)91-92(75,76)17-6-5-15-3-1-2-4-16(15)7-17)90-44-24(14-62)82-51(37(74)31(44)68)89-43-23(13-61)81-50(36(73)30(43)67)88-42-22(12-60)80-49(35(72)29(42)66)87-41-21(11-59)79-48(34(71)28(41)65)86-40-20(10-58)78-47(33(70)27(40)64)85-39-19(9-57)77-46(84-38)32(69)26(39)63/h1-7,18-52,56-74H,8-14H2/t18-,19-,20-,21-,22-,23-,24-,25-,26-,27-,28-,29-,30-,31-,32-,33-,34-,35-,36-,37-,38-,39-,40-,41-,42-,43-,44-,45+,46-,47-,48-,49-,50-,51-,52-/m1/s1. The van der Waals surface area contributed by atoms with E-state index in [1.54, 1.807) is 24.3 Å². The summed E-state index contributed by atoms with van der Waals surface area (Å²) in [5.74, 6) is 0. The van der Waals surface area contributed by atoms with Crippen LogP contribution in [0.15, 0.2) is 52.5 Å². The van der Waals surface area contributed by atoms with Crippen molar-refractivity contribution in [3.63, 3.8) is 0 Å². The molecule has 40 heteroatoms. The fourth-order valence-electron chi connectivity index (χ4n) is 12.2. The van der Waals surface area contributed by atoms with E-state index in [0.717, 1.165) is 6.07 Å². The Morgan fingerprint density at radius 1 is 0.359 bits per heavy atom. The first-order chi connectivity index (χ1) is 43.9. The molecular formula is C52H75N3O36S. The number of hydrogen-bond acceptors (Lipinski definition) is 37. The molecule has 14 bridgehead atoms. The first-order valence-electron chi connectivity index (χ1n) is 29.0. The van der Waals surface area contributed by atoms with Gasteiger partial charge >= 0.3 is 0 Å². The van der Waals surface area contributed by atoms with Gasteiger partial charge in [-0.3, -0.25) is 4.18 Å². The smallest absolute Gasteiger partial charge is 0.297 e. The molecule has 21 aliphatic heterocycles. The number of aliphatic hydroxyl groups is 19. The molecule has 21 heterocycles. The van der Waals surface area contributed by atoms with Crippen molar-refractivity contribution >= 4 is 20.9 Å². The molecule has 21 saturated heterocycles. The highest BCUT2D eigenvalue weighted by Gasteiger charge is 2.60. The fourth-order valence-corrected chi connectivity index (χ4v) is 13.3. The molecular weight excluding hydrogens is 1270 g/mol. The Hall–Kier alpha value is -3.40. The van der Waals surface area contributed by atoms with Gasteiger partial charge in [-0.15, -0.1) is 0 Å². The van der Waals surface area contributed by atoms with Crippen molar-refractivity contribution in [2.75, 3.05) is 46.2 Å². The number of aliphatic hydroxyl groups excluding tert-OH is 19. The molecule has 0 spiro atoms. The summed E-state index contributed by atoms with van der Waals surface area (Å²) >= 11 is 0. The van der Waals surface area contributed by atoms with E-state index in [4.69, 9.17) is 70.5 Å². The maximum absolute atomic E-state index is 14.5. The van der Waals surface area contributed by atoms with E-state index in [9.17, 15) is 111 Å². The average Bonchev–Trinajstić information content (AvgIpc) is 0.863. The molecule has 0 saturated carbocycles. The van der Waals surface area contributed by atoms with Crippen LogP contribution >= 0.6 is 0 Å². The van der Waals surface area contributed by atoms with E-state index in [-0.39, 0.29) is 0 Å². The van der Waals surface area contributed by atoms with Crippen molar-refractivity contribution in [1.82, 2.24) is 0 Å². The highest BCUT2D eigenvalue weighted by Crippen LogP contribution is 2.41. The Morgan fingerprint density at radius 3 is 0.913 bits per heavy atom. The molecule has 39 nitrogen and oxygen atoms in total. The lowest BCUT2D eigenvalue weighted by atomic mass is 9.94. The number of azide groups is 1. The van der Waals surface area contributed by atoms with Crippen LogP contribution in [-0.4, -0.2) is 367 Å². The Balaban J connectivity index is 0.995. The zero-order valence-electron chi connectivity index (χ0n) is 47.9. The van der Waals surface area contributed by atoms with Crippen LogP contribution in [0.3, 0.4) is 0 Å². The second-order valence-corrected chi connectivity index (χ2v) is 24.5. The summed E-state index contributed by atoms with van der Waals surface area (Å²) in [6.07, 6.45) is -71.5. The molecule has 92 heavy (non-hydrogen) atoms. The predicted octanol–water partition coefficient (Wildman–Crippen LogP) is -11.3. The molecule has 2 aromatic rings. The molecule has 21 aliphatic rings. The van der Waals surface area contributed by atoms with Crippen LogP contribution in [0.25, 0.3) is 21.2 Å². The van der Waals surface area contributed by atoms with E-state index in [1.165, 1.54) is 12.1 Å². The van der Waals surface area contributed by atoms with Crippen LogP contribution in [-0.2, 0) is 80.6 Å². The van der Waals surface area contributed by atoms with E-state index in [2.05, 4.69) is 10.0 Å². The maximum atomic E-state index is 14.5. The van der Waals surface area contributed by atoms with Crippen molar-refractivity contribution in [2.45, 2.75) is 220 Å². The zero-order valence-corrected chi connectivity index (χ0v) is 48.7. The molecule has 35 atom stereocenters. The normalized spacial score (nSPS) is 48.3. The van der Waals surface area contributed by atoms with Gasteiger partial charge in [0.2, 0.25) is 0 Å². The minimum atomic E-state index is -5.14. The Bertz CT molecular complexity index is 2880. The quantitative estimate of drug-likeness (QED) is 0.0430. The third-order valence-electron chi connectivity index (χ3n) is 17.2. The average molecular weight is 1350 g/mol. The van der Waals surface area contributed by atoms with Gasteiger partial charge in [0.15, 0.2) is 44.0 Å². The number of nitrogens with zero attached hydrogens (tertiary/aromatic N) is 3. The lowest BCUT2D eigenvalue weighted by molar-refractivity contribution is -0.396. The second-order valence-electron chi connectivity index (χ2n) is 22.9. The summed E-state index contributed by atoms with van der Waals surface area (Å²) in [5, 5.41) is 217. The molecule has 0 aromatic heterocycles. The lowest BCUT2D eigenvalue weighted by Gasteiger charge is -2.50. The van der Waals surface area contributed by atoms with Gasteiger partial charge in [-0.25, -0.2) is 0 Å². The summed E-state index contributed by atoms with van der Waals surface area (Å²) in [6, 6.07) is 8.12. The summed E-state index contributed by atoms with van der Waals surface area (Å²) in [7, 11) is -5.14. The minimum absolute atomic E-state index is 0.384. The Morgan fingerprint density at radius 2 is 0.620 bits per heavy atom. The van der Waals surface area contributed by atoms with Gasteiger partial charge in [0.1, 0.15) is 165 Å². The molecule has 0 radical (unpaired) electrons. The van der Waals surface area contributed by atoms with Crippen molar-refractivity contribution in [1.29, 1.82) is 0 Å². The Labute approximate surface area is 519 Å². The van der Waals surface area contributed by atoms with Gasteiger partial charge in [0, 0.05) is 4.91 Å². The highest BCUT2D eigenvalue weighted by molar-refractivity contribution is 7.86. The van der Waals surface area contributed by atoms with Gasteiger partial charge in [0.25, 0.3) is 10.1 Å². The van der Waals surface area contributed by atoms with Crippen molar-refractivity contribution in [2.24, 2.45) is 5.11 Å². The molecule has 520 valence electrons. The molecule has 2 aromatic carbocycles. The van der Waals surface area contributed by atoms with Gasteiger partial charge in [-0.1, -0.05) is 35.4 Å². The van der Waals surface area contributed by atoms with E-state index in [1.807, 2.05) is 0 Å². The number of hydrogen-bond donors (Lipinski definition) is 19. The third-order valence-corrected chi connectivity index (χ3v) is 18.5. The molecule has 0 aliphatic carbocycles. The minimum Gasteiger partial charge on any atom is -0.394 e. The number of rotatable bonds is 11. The van der Waals surface area contributed by atoms with Gasteiger partial charge in [-0.2, -0.15) is 8.42 Å². The Kier molecular flexibility index (Phi) is 23.4. The second kappa shape index (κ2) is 30.2. The lowest BCUT2D eigenvalue weighted by Crippen LogP contribution is -2.68. The van der Waals surface area contributed by atoms with Crippen molar-refractivity contribution in [3.8, 4) is 0 Å². The summed E-state index contributed by atoms with van der Waals surface area (Å²) in [4.78, 5) is 2.30. The van der Waals surface area contributed by atoms with Crippen molar-refractivity contribution < 1.29 is 176 Å². The van der Waals surface area contributed by atoms with Crippen LogP contribution in [0.4, 0.5) is 0 Å². The van der Waals surface area contributed by atoms with Crippen LogP contribution in [0, 0.1) is 0 Å². The van der Waals surface area contributed by atoms with E-state index in [0.29, 0.717) is 10.8 Å². The summed E-state index contributed by atoms with van der Waals surface area (Å²) in [5.41, 5.74) is 10.1. The monoisotopic (exact) mass is 1350 g/mol. The van der Waals surface area contributed by atoms with Gasteiger partial charge < -0.3 is 163 Å². The maximum Gasteiger partial charge on any atom is 0.297 e. The van der Waals surface area contributed by atoms with E-state index < -0.39 is 276 Å². The molecule has 0 amide bonds. The summed E-state index contributed by atoms with van der Waals surface area (Å²) < 4.78 is 116. The zero-order chi connectivity index (χ0) is 66.4. The third kappa shape index (κ3) is 14.0. The molecule has 21 fully saturated rings. The first kappa shape index (κ1) is 71.4. The van der Waals surface area contributed by atoms with Gasteiger partial charge in [-0.05, 0) is 28.4 Å². The van der Waals surface area contributed by atoms with E-state index >= 15 is 0 Å². The SMILES string of the molecule is [N-]=[N+]=N[C@H]1[C@H](OS(=O)(=O)c2ccc3ccccc3c2)[C@H]2O[C@H]3[C@H](O)[C@@H](O)[C@@H](O[C@H]4[C@H](O)[C@@H](O)[C@@H](O[C@H]5[C@H](O)[C@@H](O)[C@@H](O[C@H]6[C@H](O)[C@@H](O)[C@@H](O[C@H]7[C@H](O)[C@@H](O)[C@@H](O[C@H]8[C@H](O)[C@@H](O)[C@@H](O[C@@H]1[C@@H](CO)O2)O[C@@H]8CO)O[C@@H]7CO)O[C@@H]6CO)O[C@@H]5CO)O[C@@H]4CO)O[C@@H]3CO. The van der Waals surface area contributed by atoms with Crippen LogP contribution in [0.5, 0.6) is 0 Å². The van der Waals surface area contributed by atoms with Crippen LogP contribution in [0.1, 0.15) is 0 Å². The first-order valence-corrected chi connectivity index (χ1v) is 30.4. The summed E-state index contributed by atoms with van der Waals surface area (Å²) in [6.45, 7) is -7.86. The molecule has 19 N–H and O–H groups in total.